The lowest BCUT2D eigenvalue weighted by molar-refractivity contribution is -0.118. The van der Waals surface area contributed by atoms with E-state index in [1.807, 2.05) is 29.2 Å². The van der Waals surface area contributed by atoms with E-state index in [-0.39, 0.29) is 35.7 Å². The van der Waals surface area contributed by atoms with Crippen molar-refractivity contribution in [2.75, 3.05) is 25.0 Å². The van der Waals surface area contributed by atoms with Gasteiger partial charge < -0.3 is 15.5 Å². The predicted molar refractivity (Wildman–Crippen MR) is 126 cm³/mol. The summed E-state index contributed by atoms with van der Waals surface area (Å²) in [6.45, 7) is 3.74. The van der Waals surface area contributed by atoms with Crippen molar-refractivity contribution in [1.29, 1.82) is 0 Å². The van der Waals surface area contributed by atoms with Crippen LogP contribution in [0.5, 0.6) is 0 Å². The molecule has 156 valence electrons. The molecule has 0 aliphatic carbocycles. The van der Waals surface area contributed by atoms with Crippen LogP contribution in [0.1, 0.15) is 29.5 Å². The summed E-state index contributed by atoms with van der Waals surface area (Å²) in [7, 11) is 1.71. The largest absolute Gasteiger partial charge is 0.356 e. The molecule has 7 heteroatoms. The number of nitrogens with zero attached hydrogens (tertiary/aromatic N) is 2. The van der Waals surface area contributed by atoms with Crippen LogP contribution in [-0.4, -0.2) is 32.0 Å². The first-order chi connectivity index (χ1) is 13.6. The van der Waals surface area contributed by atoms with Crippen molar-refractivity contribution in [2.45, 2.75) is 32.7 Å². The van der Waals surface area contributed by atoms with E-state index in [4.69, 9.17) is 0 Å². The number of guanidine groups is 1. The molecule has 5 nitrogen and oxygen atoms in total. The summed E-state index contributed by atoms with van der Waals surface area (Å²) < 4.78 is 13.3. The highest BCUT2D eigenvalue weighted by Gasteiger charge is 2.23. The molecule has 2 aromatic carbocycles. The highest BCUT2D eigenvalue weighted by atomic mass is 127. The molecule has 0 bridgehead atoms. The van der Waals surface area contributed by atoms with Gasteiger partial charge in [0.05, 0.1) is 0 Å². The number of benzene rings is 2. The zero-order valence-corrected chi connectivity index (χ0v) is 19.2. The molecular formula is C22H28FIN4O. The lowest BCUT2D eigenvalue weighted by Gasteiger charge is -2.17. The molecule has 0 unspecified atom stereocenters. The molecule has 1 aliphatic heterocycles. The second-order valence-electron chi connectivity index (χ2n) is 6.96. The van der Waals surface area contributed by atoms with Gasteiger partial charge >= 0.3 is 0 Å². The van der Waals surface area contributed by atoms with Crippen LogP contribution in [-0.2, 0) is 17.8 Å². The van der Waals surface area contributed by atoms with Gasteiger partial charge in [-0.05, 0) is 48.6 Å². The third-order valence-electron chi connectivity index (χ3n) is 4.95. The van der Waals surface area contributed by atoms with E-state index in [0.717, 1.165) is 30.6 Å². The van der Waals surface area contributed by atoms with Crippen LogP contribution in [0.25, 0.3) is 0 Å². The van der Waals surface area contributed by atoms with Gasteiger partial charge in [0.1, 0.15) is 5.82 Å². The number of aliphatic imine (C=N–C) groups is 1. The number of aryl methyl sites for hydroxylation is 1. The Kier molecular flexibility index (Phi) is 8.88. The number of carbonyl (C=O) groups excluding carboxylic acids is 1. The van der Waals surface area contributed by atoms with E-state index in [1.165, 1.54) is 11.6 Å². The Balaban J connectivity index is 0.00000300. The summed E-state index contributed by atoms with van der Waals surface area (Å²) in [6, 6.07) is 13.2. The van der Waals surface area contributed by atoms with E-state index in [1.54, 1.807) is 20.0 Å². The molecule has 0 atom stereocenters. The zero-order chi connectivity index (χ0) is 19.9. The summed E-state index contributed by atoms with van der Waals surface area (Å²) >= 11 is 0. The Hall–Kier alpha value is -2.16. The summed E-state index contributed by atoms with van der Waals surface area (Å²) in [5.74, 6) is 0.633. The van der Waals surface area contributed by atoms with E-state index in [2.05, 4.69) is 21.7 Å². The SMILES string of the molecule is CN=C(NCCCC(=O)N1CCc2ccccc21)NCc1ccc(F)c(C)c1.I. The fraction of sp³-hybridized carbons (Fsp3) is 0.364. The van der Waals surface area contributed by atoms with Gasteiger partial charge in [0.15, 0.2) is 5.96 Å². The predicted octanol–water partition coefficient (Wildman–Crippen LogP) is 3.79. The lowest BCUT2D eigenvalue weighted by Crippen LogP contribution is -2.38. The molecule has 2 aromatic rings. The molecule has 0 saturated carbocycles. The van der Waals surface area contributed by atoms with Crippen LogP contribution in [0.3, 0.4) is 0 Å². The van der Waals surface area contributed by atoms with Crippen LogP contribution in [0, 0.1) is 12.7 Å². The Morgan fingerprint density at radius 2 is 2.00 bits per heavy atom. The Morgan fingerprint density at radius 1 is 1.21 bits per heavy atom. The minimum atomic E-state index is -0.198. The van der Waals surface area contributed by atoms with E-state index in [0.29, 0.717) is 31.0 Å². The monoisotopic (exact) mass is 510 g/mol. The number of hydrogen-bond donors (Lipinski definition) is 2. The van der Waals surface area contributed by atoms with Crippen molar-refractivity contribution < 1.29 is 9.18 Å². The minimum Gasteiger partial charge on any atom is -0.356 e. The van der Waals surface area contributed by atoms with Gasteiger partial charge in [-0.3, -0.25) is 9.79 Å². The van der Waals surface area contributed by atoms with Gasteiger partial charge in [-0.15, -0.1) is 24.0 Å². The second-order valence-corrected chi connectivity index (χ2v) is 6.96. The minimum absolute atomic E-state index is 0. The molecule has 0 spiro atoms. The van der Waals surface area contributed by atoms with E-state index < -0.39 is 0 Å². The maximum Gasteiger partial charge on any atom is 0.227 e. The molecular weight excluding hydrogens is 482 g/mol. The quantitative estimate of drug-likeness (QED) is 0.269. The third kappa shape index (κ3) is 6.16. The number of fused-ring (bicyclic) bond motifs is 1. The standard InChI is InChI=1S/C22H27FN4O.HI/c1-16-14-17(9-10-19(16)23)15-26-22(24-2)25-12-5-8-21(28)27-13-11-18-6-3-4-7-20(18)27;/h3-4,6-7,9-10,14H,5,8,11-13,15H2,1-2H3,(H2,24,25,26);1H. The van der Waals surface area contributed by atoms with Crippen molar-refractivity contribution in [3.8, 4) is 0 Å². The molecule has 0 fully saturated rings. The Bertz CT molecular complexity index is 872. The summed E-state index contributed by atoms with van der Waals surface area (Å²) in [6.07, 6.45) is 2.16. The highest BCUT2D eigenvalue weighted by Crippen LogP contribution is 2.27. The van der Waals surface area contributed by atoms with Gasteiger partial charge in [0.2, 0.25) is 5.91 Å². The molecule has 29 heavy (non-hydrogen) atoms. The number of amides is 1. The average molecular weight is 510 g/mol. The molecule has 3 rings (SSSR count). The summed E-state index contributed by atoms with van der Waals surface area (Å²) in [5.41, 5.74) is 3.91. The molecule has 0 aromatic heterocycles. The number of para-hydroxylation sites is 1. The van der Waals surface area contributed by atoms with E-state index >= 15 is 0 Å². The Morgan fingerprint density at radius 3 is 2.76 bits per heavy atom. The van der Waals surface area contributed by atoms with Gasteiger partial charge in [-0.25, -0.2) is 4.39 Å². The van der Waals surface area contributed by atoms with Crippen molar-refractivity contribution >= 4 is 41.5 Å². The number of carbonyl (C=O) groups is 1. The number of nitrogens with one attached hydrogen (secondary N) is 2. The summed E-state index contributed by atoms with van der Waals surface area (Å²) in [4.78, 5) is 18.6. The number of hydrogen-bond acceptors (Lipinski definition) is 2. The van der Waals surface area contributed by atoms with Gasteiger partial charge in [0.25, 0.3) is 0 Å². The normalized spacial score (nSPS) is 12.9. The van der Waals surface area contributed by atoms with Gasteiger partial charge in [-0.2, -0.15) is 0 Å². The average Bonchev–Trinajstić information content (AvgIpc) is 3.14. The van der Waals surface area contributed by atoms with Crippen LogP contribution < -0.4 is 15.5 Å². The van der Waals surface area contributed by atoms with Gasteiger partial charge in [-0.1, -0.05) is 30.3 Å². The molecule has 1 aliphatic rings. The number of anilines is 1. The van der Waals surface area contributed by atoms with Gasteiger partial charge in [0, 0.05) is 38.8 Å². The van der Waals surface area contributed by atoms with Crippen LogP contribution in [0.4, 0.5) is 10.1 Å². The first-order valence-corrected chi connectivity index (χ1v) is 9.66. The number of rotatable bonds is 6. The fourth-order valence-electron chi connectivity index (χ4n) is 3.40. The van der Waals surface area contributed by atoms with Crippen LogP contribution in [0.2, 0.25) is 0 Å². The zero-order valence-electron chi connectivity index (χ0n) is 16.9. The lowest BCUT2D eigenvalue weighted by atomic mass is 10.1. The van der Waals surface area contributed by atoms with E-state index in [9.17, 15) is 9.18 Å². The molecule has 1 amide bonds. The second kappa shape index (κ2) is 11.1. The smallest absolute Gasteiger partial charge is 0.227 e. The van der Waals surface area contributed by atoms with Crippen LogP contribution in [0.15, 0.2) is 47.5 Å². The highest BCUT2D eigenvalue weighted by molar-refractivity contribution is 14.0. The topological polar surface area (TPSA) is 56.7 Å². The first-order valence-electron chi connectivity index (χ1n) is 9.66. The fourth-order valence-corrected chi connectivity index (χ4v) is 3.40. The van der Waals surface area contributed by atoms with Crippen molar-refractivity contribution in [2.24, 2.45) is 4.99 Å². The molecule has 0 radical (unpaired) electrons. The summed E-state index contributed by atoms with van der Waals surface area (Å²) in [5, 5.41) is 6.43. The maximum absolute atomic E-state index is 13.3. The molecule has 1 heterocycles. The Labute approximate surface area is 188 Å². The van der Waals surface area contributed by atoms with Crippen molar-refractivity contribution in [3.05, 3.63) is 65.0 Å². The molecule has 2 N–H and O–H groups in total. The maximum atomic E-state index is 13.3. The van der Waals surface area contributed by atoms with Crippen LogP contribution >= 0.6 is 24.0 Å². The first kappa shape index (κ1) is 23.1. The third-order valence-corrected chi connectivity index (χ3v) is 4.95. The number of halogens is 2. The van der Waals surface area contributed by atoms with Crippen molar-refractivity contribution in [1.82, 2.24) is 10.6 Å². The molecule has 0 saturated heterocycles. The van der Waals surface area contributed by atoms with Crippen molar-refractivity contribution in [3.63, 3.8) is 0 Å².